The molecule has 1 aliphatic carbocycles. The van der Waals surface area contributed by atoms with E-state index in [0.717, 1.165) is 38.6 Å². The van der Waals surface area contributed by atoms with Crippen LogP contribution >= 0.6 is 23.4 Å². The van der Waals surface area contributed by atoms with Crippen LogP contribution in [0.5, 0.6) is 0 Å². The maximum atomic E-state index is 13.4. The molecule has 0 saturated heterocycles. The first-order chi connectivity index (χ1) is 15.5. The zero-order valence-electron chi connectivity index (χ0n) is 18.1. The summed E-state index contributed by atoms with van der Waals surface area (Å²) in [6, 6.07) is 13.7. The monoisotopic (exact) mass is 467 g/mol. The van der Waals surface area contributed by atoms with E-state index in [9.17, 15) is 9.59 Å². The standard InChI is InChI=1S/C25H26ClN3O2S/c1-16(23(30)28-13-12-17-6-2-3-7-18(17)15-28)32-25-27-22-14-19(26)10-11-21(22)24(31)29(25)20-8-4-5-9-20/h2-3,6-7,10-11,14,16,20H,4-5,8-9,12-13,15H2,1H3/t16-/m0/s1. The minimum Gasteiger partial charge on any atom is -0.337 e. The van der Waals surface area contributed by atoms with Crippen molar-refractivity contribution in [3.63, 3.8) is 0 Å². The van der Waals surface area contributed by atoms with E-state index in [1.54, 1.807) is 18.2 Å². The Labute approximate surface area is 196 Å². The summed E-state index contributed by atoms with van der Waals surface area (Å²) in [6.45, 7) is 3.27. The van der Waals surface area contributed by atoms with Crippen molar-refractivity contribution in [1.82, 2.24) is 14.5 Å². The van der Waals surface area contributed by atoms with Crippen molar-refractivity contribution < 1.29 is 4.79 Å². The van der Waals surface area contributed by atoms with Crippen LogP contribution in [0.3, 0.4) is 0 Å². The molecule has 2 heterocycles. The van der Waals surface area contributed by atoms with Gasteiger partial charge in [0, 0.05) is 24.2 Å². The zero-order valence-corrected chi connectivity index (χ0v) is 19.7. The topological polar surface area (TPSA) is 55.2 Å². The van der Waals surface area contributed by atoms with Crippen LogP contribution < -0.4 is 5.56 Å². The summed E-state index contributed by atoms with van der Waals surface area (Å²) in [6.07, 6.45) is 5.04. The van der Waals surface area contributed by atoms with Gasteiger partial charge in [0.2, 0.25) is 5.91 Å². The summed E-state index contributed by atoms with van der Waals surface area (Å²) >= 11 is 7.57. The van der Waals surface area contributed by atoms with E-state index >= 15 is 0 Å². The maximum absolute atomic E-state index is 13.4. The van der Waals surface area contributed by atoms with Gasteiger partial charge in [0.1, 0.15) is 0 Å². The molecule has 1 atom stereocenters. The molecule has 5 nitrogen and oxygen atoms in total. The fourth-order valence-corrected chi connectivity index (χ4v) is 6.10. The molecule has 0 radical (unpaired) electrons. The van der Waals surface area contributed by atoms with Gasteiger partial charge in [0.15, 0.2) is 5.16 Å². The van der Waals surface area contributed by atoms with E-state index in [-0.39, 0.29) is 22.8 Å². The molecule has 0 bridgehead atoms. The van der Waals surface area contributed by atoms with E-state index < -0.39 is 0 Å². The number of fused-ring (bicyclic) bond motifs is 2. The molecule has 5 rings (SSSR count). The van der Waals surface area contributed by atoms with E-state index in [0.29, 0.717) is 27.6 Å². The number of thioether (sulfide) groups is 1. The normalized spacial score (nSPS) is 17.5. The van der Waals surface area contributed by atoms with Crippen molar-refractivity contribution in [2.24, 2.45) is 0 Å². The van der Waals surface area contributed by atoms with Gasteiger partial charge in [-0.2, -0.15) is 0 Å². The predicted octanol–water partition coefficient (Wildman–Crippen LogP) is 5.23. The Morgan fingerprint density at radius 2 is 1.91 bits per heavy atom. The Morgan fingerprint density at radius 1 is 1.16 bits per heavy atom. The highest BCUT2D eigenvalue weighted by Gasteiger charge is 2.29. The van der Waals surface area contributed by atoms with Crippen molar-refractivity contribution >= 4 is 40.2 Å². The number of carbonyl (C=O) groups is 1. The third kappa shape index (κ3) is 4.06. The number of hydrogen-bond acceptors (Lipinski definition) is 4. The van der Waals surface area contributed by atoms with Crippen LogP contribution in [0.4, 0.5) is 0 Å². The lowest BCUT2D eigenvalue weighted by molar-refractivity contribution is -0.131. The summed E-state index contributed by atoms with van der Waals surface area (Å²) in [5.41, 5.74) is 3.09. The molecule has 0 unspecified atom stereocenters. The average molecular weight is 468 g/mol. The minimum absolute atomic E-state index is 0.0346. The van der Waals surface area contributed by atoms with Gasteiger partial charge < -0.3 is 4.90 Å². The van der Waals surface area contributed by atoms with Gasteiger partial charge in [-0.25, -0.2) is 4.98 Å². The molecule has 1 aliphatic heterocycles. The lowest BCUT2D eigenvalue weighted by Crippen LogP contribution is -2.40. The first kappa shape index (κ1) is 21.5. The van der Waals surface area contributed by atoms with Crippen LogP contribution in [-0.2, 0) is 17.8 Å². The van der Waals surface area contributed by atoms with Crippen LogP contribution in [0.15, 0.2) is 52.4 Å². The fourth-order valence-electron chi connectivity index (χ4n) is 4.87. The third-order valence-corrected chi connectivity index (χ3v) is 7.88. The number of benzene rings is 2. The van der Waals surface area contributed by atoms with Crippen LogP contribution in [0.2, 0.25) is 5.02 Å². The second-order valence-corrected chi connectivity index (χ2v) is 10.5. The predicted molar refractivity (Wildman–Crippen MR) is 129 cm³/mol. The molecule has 1 aromatic heterocycles. The van der Waals surface area contributed by atoms with E-state index in [2.05, 4.69) is 18.2 Å². The highest BCUT2D eigenvalue weighted by Crippen LogP contribution is 2.34. The molecular formula is C25H26ClN3O2S. The molecule has 0 spiro atoms. The molecule has 1 fully saturated rings. The Morgan fingerprint density at radius 3 is 2.69 bits per heavy atom. The summed E-state index contributed by atoms with van der Waals surface area (Å²) in [5, 5.41) is 1.42. The van der Waals surface area contributed by atoms with Crippen LogP contribution in [0.1, 0.15) is 49.8 Å². The molecule has 32 heavy (non-hydrogen) atoms. The van der Waals surface area contributed by atoms with Gasteiger partial charge in [-0.1, -0.05) is 60.5 Å². The highest BCUT2D eigenvalue weighted by atomic mass is 35.5. The van der Waals surface area contributed by atoms with Gasteiger partial charge in [-0.3, -0.25) is 14.2 Å². The van der Waals surface area contributed by atoms with Crippen molar-refractivity contribution in [1.29, 1.82) is 0 Å². The van der Waals surface area contributed by atoms with Crippen LogP contribution in [-0.4, -0.2) is 32.2 Å². The van der Waals surface area contributed by atoms with E-state index in [4.69, 9.17) is 16.6 Å². The summed E-state index contributed by atoms with van der Waals surface area (Å²) in [4.78, 5) is 33.5. The van der Waals surface area contributed by atoms with Gasteiger partial charge in [-0.15, -0.1) is 0 Å². The Bertz CT molecular complexity index is 1240. The fraction of sp³-hybridized carbons (Fsp3) is 0.400. The number of aromatic nitrogens is 2. The molecule has 166 valence electrons. The molecule has 3 aromatic rings. The minimum atomic E-state index is -0.337. The lowest BCUT2D eigenvalue weighted by Gasteiger charge is -2.31. The maximum Gasteiger partial charge on any atom is 0.262 e. The van der Waals surface area contributed by atoms with Gasteiger partial charge in [-0.05, 0) is 55.5 Å². The number of halogens is 1. The van der Waals surface area contributed by atoms with Crippen molar-refractivity contribution in [3.8, 4) is 0 Å². The Kier molecular flexibility index (Phi) is 5.99. The molecule has 1 amide bonds. The van der Waals surface area contributed by atoms with Gasteiger partial charge in [0.05, 0.1) is 16.2 Å². The first-order valence-electron chi connectivity index (χ1n) is 11.3. The van der Waals surface area contributed by atoms with Gasteiger partial charge >= 0.3 is 0 Å². The van der Waals surface area contributed by atoms with Gasteiger partial charge in [0.25, 0.3) is 5.56 Å². The van der Waals surface area contributed by atoms with Crippen molar-refractivity contribution in [3.05, 3.63) is 69.0 Å². The Hall–Kier alpha value is -2.31. The van der Waals surface area contributed by atoms with E-state index in [1.807, 2.05) is 22.5 Å². The number of amides is 1. The number of rotatable bonds is 4. The third-order valence-electron chi connectivity index (χ3n) is 6.59. The second-order valence-electron chi connectivity index (χ2n) is 8.71. The van der Waals surface area contributed by atoms with E-state index in [1.165, 1.54) is 22.9 Å². The molecule has 0 N–H and O–H groups in total. The Balaban J connectivity index is 1.45. The van der Waals surface area contributed by atoms with Crippen molar-refractivity contribution in [2.45, 2.75) is 62.0 Å². The molecule has 1 saturated carbocycles. The summed E-state index contributed by atoms with van der Waals surface area (Å²) in [7, 11) is 0. The van der Waals surface area contributed by atoms with Crippen molar-refractivity contribution in [2.75, 3.05) is 6.54 Å². The SMILES string of the molecule is C[C@H](Sc1nc2cc(Cl)ccc2c(=O)n1C1CCCC1)C(=O)N1CCc2ccccc2C1. The zero-order chi connectivity index (χ0) is 22.2. The number of nitrogens with zero attached hydrogens (tertiary/aromatic N) is 3. The van der Waals surface area contributed by atoms with Crippen LogP contribution in [0.25, 0.3) is 10.9 Å². The molecule has 2 aliphatic rings. The lowest BCUT2D eigenvalue weighted by atomic mass is 10.00. The largest absolute Gasteiger partial charge is 0.337 e. The number of hydrogen-bond donors (Lipinski definition) is 0. The molecule has 7 heteroatoms. The summed E-state index contributed by atoms with van der Waals surface area (Å²) < 4.78 is 1.84. The molecule has 2 aromatic carbocycles. The number of carbonyl (C=O) groups excluding carboxylic acids is 1. The second kappa shape index (κ2) is 8.91. The molecular weight excluding hydrogens is 442 g/mol. The first-order valence-corrected chi connectivity index (χ1v) is 12.5. The highest BCUT2D eigenvalue weighted by molar-refractivity contribution is 8.00. The van der Waals surface area contributed by atoms with Crippen LogP contribution in [0, 0.1) is 0 Å². The smallest absolute Gasteiger partial charge is 0.262 e. The average Bonchev–Trinajstić information content (AvgIpc) is 3.32. The summed E-state index contributed by atoms with van der Waals surface area (Å²) in [5.74, 6) is 0.0860. The quantitative estimate of drug-likeness (QED) is 0.389.